The van der Waals surface area contributed by atoms with Crippen molar-refractivity contribution in [3.8, 4) is 22.8 Å². The van der Waals surface area contributed by atoms with E-state index in [0.717, 1.165) is 35.4 Å². The van der Waals surface area contributed by atoms with Crippen molar-refractivity contribution in [3.05, 3.63) is 55.5 Å². The number of pyridine rings is 1. The predicted octanol–water partition coefficient (Wildman–Crippen LogP) is 3.91. The number of carbonyl (C=O) groups is 1. The van der Waals surface area contributed by atoms with Crippen molar-refractivity contribution >= 4 is 40.0 Å². The third kappa shape index (κ3) is 6.10. The maximum atomic E-state index is 12.3. The van der Waals surface area contributed by atoms with Gasteiger partial charge in [-0.2, -0.15) is 0 Å². The highest BCUT2D eigenvalue weighted by Gasteiger charge is 2.18. The van der Waals surface area contributed by atoms with Crippen LogP contribution in [0.25, 0.3) is 22.3 Å². The molecule has 1 aromatic carbocycles. The van der Waals surface area contributed by atoms with Crippen LogP contribution in [0.15, 0.2) is 55.5 Å². The van der Waals surface area contributed by atoms with Crippen LogP contribution in [0.5, 0.6) is 11.5 Å². The number of likely N-dealkylation sites (N-methyl/N-ethyl adjacent to an activating group) is 2. The first-order valence-corrected chi connectivity index (χ1v) is 12.3. The highest BCUT2D eigenvalue weighted by molar-refractivity contribution is 6.02. The van der Waals surface area contributed by atoms with E-state index in [4.69, 9.17) is 14.5 Å². The Bertz CT molecular complexity index is 1500. The Balaban J connectivity index is 1.73. The van der Waals surface area contributed by atoms with Crippen molar-refractivity contribution in [2.24, 2.45) is 7.05 Å². The van der Waals surface area contributed by atoms with E-state index >= 15 is 0 Å². The molecule has 39 heavy (non-hydrogen) atoms. The summed E-state index contributed by atoms with van der Waals surface area (Å²) in [6, 6.07) is 7.68. The van der Waals surface area contributed by atoms with Crippen molar-refractivity contribution in [3.63, 3.8) is 0 Å². The fraction of sp³-hybridized carbons (Fsp3) is 0.286. The molecule has 0 aliphatic carbocycles. The number of rotatable bonds is 11. The molecule has 0 bridgehead atoms. The normalized spacial score (nSPS) is 10.9. The first-order valence-electron chi connectivity index (χ1n) is 12.3. The van der Waals surface area contributed by atoms with E-state index in [9.17, 15) is 4.79 Å². The molecule has 2 N–H and O–H groups in total. The lowest BCUT2D eigenvalue weighted by molar-refractivity contribution is -0.111. The number of aryl methyl sites for hydroxylation is 1. The number of hydrogen-bond donors (Lipinski definition) is 2. The van der Waals surface area contributed by atoms with Crippen molar-refractivity contribution in [1.29, 1.82) is 0 Å². The van der Waals surface area contributed by atoms with Gasteiger partial charge in [-0.15, -0.1) is 0 Å². The van der Waals surface area contributed by atoms with Gasteiger partial charge in [-0.05, 0) is 38.4 Å². The average molecular weight is 531 g/mol. The average Bonchev–Trinajstić information content (AvgIpc) is 3.31. The Morgan fingerprint density at radius 2 is 1.82 bits per heavy atom. The fourth-order valence-corrected chi connectivity index (χ4v) is 4.10. The largest absolute Gasteiger partial charge is 0.494 e. The first kappa shape index (κ1) is 27.4. The molecular formula is C28H34N8O3. The molecule has 0 saturated carbocycles. The maximum Gasteiger partial charge on any atom is 0.247 e. The van der Waals surface area contributed by atoms with Gasteiger partial charge in [0.1, 0.15) is 17.1 Å². The Labute approximate surface area is 228 Å². The summed E-state index contributed by atoms with van der Waals surface area (Å²) >= 11 is 0. The van der Waals surface area contributed by atoms with Crippen LogP contribution in [-0.2, 0) is 11.8 Å². The van der Waals surface area contributed by atoms with Gasteiger partial charge in [0.15, 0.2) is 5.75 Å². The molecule has 0 saturated heterocycles. The summed E-state index contributed by atoms with van der Waals surface area (Å²) in [5, 5.41) is 7.13. The second-order valence-corrected chi connectivity index (χ2v) is 9.29. The molecule has 4 rings (SSSR count). The van der Waals surface area contributed by atoms with Gasteiger partial charge in [-0.1, -0.05) is 6.58 Å². The van der Waals surface area contributed by atoms with E-state index in [2.05, 4.69) is 37.0 Å². The topological polar surface area (TPSA) is 110 Å². The molecule has 4 aromatic rings. The quantitative estimate of drug-likeness (QED) is 0.279. The number of ether oxygens (including phenoxy) is 2. The number of aromatic nitrogens is 4. The minimum Gasteiger partial charge on any atom is -0.494 e. The standard InChI is InChI=1S/C28H34N8O3/c1-8-25(37)31-20-14-21(23(38-6)15-22(20)35(4)12-11-34(2)3)32-28-30-17-24(39-7)26(33-28)19-13-18-9-10-36(5)27(18)29-16-19/h8-10,13-17H,1,11-12H2,2-7H3,(H,31,37)(H,30,32,33). The van der Waals surface area contributed by atoms with E-state index in [1.54, 1.807) is 32.7 Å². The maximum absolute atomic E-state index is 12.3. The molecule has 0 radical (unpaired) electrons. The Hall–Kier alpha value is -4.64. The summed E-state index contributed by atoms with van der Waals surface area (Å²) in [5.41, 5.74) is 4.23. The Morgan fingerprint density at radius 3 is 2.51 bits per heavy atom. The second-order valence-electron chi connectivity index (χ2n) is 9.29. The van der Waals surface area contributed by atoms with Gasteiger partial charge >= 0.3 is 0 Å². The van der Waals surface area contributed by atoms with Gasteiger partial charge in [-0.3, -0.25) is 4.79 Å². The van der Waals surface area contributed by atoms with Gasteiger partial charge in [-0.25, -0.2) is 15.0 Å². The zero-order valence-electron chi connectivity index (χ0n) is 23.1. The van der Waals surface area contributed by atoms with Crippen LogP contribution in [0, 0.1) is 0 Å². The predicted molar refractivity (Wildman–Crippen MR) is 155 cm³/mol. The molecule has 11 nitrogen and oxygen atoms in total. The van der Waals surface area contributed by atoms with Crippen molar-refractivity contribution in [2.75, 3.05) is 64.0 Å². The van der Waals surface area contributed by atoms with Gasteiger partial charge in [0.2, 0.25) is 11.9 Å². The highest BCUT2D eigenvalue weighted by atomic mass is 16.5. The zero-order chi connectivity index (χ0) is 28.1. The molecule has 3 heterocycles. The number of methoxy groups -OCH3 is 2. The lowest BCUT2D eigenvalue weighted by Gasteiger charge is -2.26. The van der Waals surface area contributed by atoms with Gasteiger partial charge in [0.25, 0.3) is 0 Å². The van der Waals surface area contributed by atoms with Crippen LogP contribution in [0.3, 0.4) is 0 Å². The van der Waals surface area contributed by atoms with E-state index in [1.807, 2.05) is 57.2 Å². The summed E-state index contributed by atoms with van der Waals surface area (Å²) in [6.45, 7) is 5.15. The van der Waals surface area contributed by atoms with Crippen molar-refractivity contribution in [2.45, 2.75) is 0 Å². The third-order valence-corrected chi connectivity index (χ3v) is 6.26. The monoisotopic (exact) mass is 530 g/mol. The zero-order valence-corrected chi connectivity index (χ0v) is 23.1. The molecule has 0 aliphatic rings. The highest BCUT2D eigenvalue weighted by Crippen LogP contribution is 2.38. The summed E-state index contributed by atoms with van der Waals surface area (Å²) in [5.74, 6) is 1.08. The molecule has 0 spiro atoms. The molecule has 0 aliphatic heterocycles. The third-order valence-electron chi connectivity index (χ3n) is 6.26. The van der Waals surface area contributed by atoms with Crippen LogP contribution in [-0.4, -0.2) is 78.8 Å². The van der Waals surface area contributed by atoms with Crippen LogP contribution in [0.2, 0.25) is 0 Å². The second kappa shape index (κ2) is 11.8. The summed E-state index contributed by atoms with van der Waals surface area (Å²) in [4.78, 5) is 30.2. The first-order chi connectivity index (χ1) is 18.7. The molecule has 0 fully saturated rings. The minimum absolute atomic E-state index is 0.319. The number of nitrogens with zero attached hydrogens (tertiary/aromatic N) is 6. The number of fused-ring (bicyclic) bond motifs is 1. The number of benzene rings is 1. The van der Waals surface area contributed by atoms with Crippen LogP contribution in [0.1, 0.15) is 0 Å². The van der Waals surface area contributed by atoms with E-state index in [-0.39, 0.29) is 5.91 Å². The summed E-state index contributed by atoms with van der Waals surface area (Å²) in [7, 11) is 11.1. The van der Waals surface area contributed by atoms with Gasteiger partial charge < -0.3 is 34.5 Å². The molecule has 1 amide bonds. The molecule has 11 heteroatoms. The van der Waals surface area contributed by atoms with E-state index in [1.165, 1.54) is 6.08 Å². The smallest absolute Gasteiger partial charge is 0.247 e. The van der Waals surface area contributed by atoms with Crippen LogP contribution in [0.4, 0.5) is 23.0 Å². The lowest BCUT2D eigenvalue weighted by atomic mass is 10.1. The van der Waals surface area contributed by atoms with E-state index in [0.29, 0.717) is 34.5 Å². The van der Waals surface area contributed by atoms with Crippen molar-refractivity contribution in [1.82, 2.24) is 24.4 Å². The fourth-order valence-electron chi connectivity index (χ4n) is 4.10. The Morgan fingerprint density at radius 1 is 1.05 bits per heavy atom. The lowest BCUT2D eigenvalue weighted by Crippen LogP contribution is -2.29. The van der Waals surface area contributed by atoms with Crippen molar-refractivity contribution < 1.29 is 14.3 Å². The van der Waals surface area contributed by atoms with Gasteiger partial charge in [0, 0.05) is 56.6 Å². The number of nitrogens with one attached hydrogen (secondary N) is 2. The molecule has 0 atom stereocenters. The van der Waals surface area contributed by atoms with Crippen LogP contribution >= 0.6 is 0 Å². The molecule has 0 unspecified atom stereocenters. The van der Waals surface area contributed by atoms with Crippen LogP contribution < -0.4 is 25.0 Å². The molecular weight excluding hydrogens is 496 g/mol. The number of hydrogen-bond acceptors (Lipinski definition) is 9. The summed E-state index contributed by atoms with van der Waals surface area (Å²) in [6.07, 6.45) is 6.56. The number of carbonyl (C=O) groups excluding carboxylic acids is 1. The molecule has 3 aromatic heterocycles. The SMILES string of the molecule is C=CC(=O)Nc1cc(Nc2ncc(OC)c(-c3cnc4c(ccn4C)c3)n2)c(OC)cc1N(C)CCN(C)C. The number of amides is 1. The van der Waals surface area contributed by atoms with E-state index < -0.39 is 0 Å². The Kier molecular flexibility index (Phi) is 8.30. The summed E-state index contributed by atoms with van der Waals surface area (Å²) < 4.78 is 13.2. The minimum atomic E-state index is -0.319. The number of anilines is 4. The van der Waals surface area contributed by atoms with Gasteiger partial charge in [0.05, 0.1) is 37.5 Å². The molecule has 204 valence electrons.